The maximum absolute atomic E-state index is 11.0. The molecule has 1 heteroatoms. The molecule has 0 aromatic heterocycles. The number of benzene rings is 2. The third-order valence-electron chi connectivity index (χ3n) is 4.01. The molecule has 1 N–H and O–H groups in total. The Morgan fingerprint density at radius 3 is 2.00 bits per heavy atom. The van der Waals surface area contributed by atoms with Crippen LogP contribution < -0.4 is 0 Å². The van der Waals surface area contributed by atoms with Crippen LogP contribution in [0.3, 0.4) is 0 Å². The van der Waals surface area contributed by atoms with Crippen LogP contribution in [-0.4, -0.2) is 5.11 Å². The number of aliphatic hydroxyl groups is 1. The number of hydrogen-bond donors (Lipinski definition) is 1. The first-order chi connectivity index (χ1) is 9.07. The van der Waals surface area contributed by atoms with Crippen LogP contribution in [0.15, 0.2) is 48.5 Å². The van der Waals surface area contributed by atoms with Crippen LogP contribution >= 0.6 is 0 Å². The van der Waals surface area contributed by atoms with E-state index in [-0.39, 0.29) is 0 Å². The fraction of sp³-hybridized carbons (Fsp3) is 0.333. The molecule has 0 saturated heterocycles. The van der Waals surface area contributed by atoms with Gasteiger partial charge in [0, 0.05) is 6.42 Å². The van der Waals surface area contributed by atoms with E-state index in [0.717, 1.165) is 5.56 Å². The Hall–Kier alpha value is -1.60. The Bertz CT molecular complexity index is 525. The summed E-state index contributed by atoms with van der Waals surface area (Å²) in [5.74, 6) is 0. The highest BCUT2D eigenvalue weighted by Gasteiger charge is 2.28. The van der Waals surface area contributed by atoms with Crippen molar-refractivity contribution in [2.75, 3.05) is 0 Å². The minimum absolute atomic E-state index is 0.673. The zero-order valence-electron chi connectivity index (χ0n) is 12.0. The molecule has 0 fully saturated rings. The Balaban J connectivity index is 2.39. The minimum atomic E-state index is -0.780. The molecule has 0 bridgehead atoms. The van der Waals surface area contributed by atoms with Gasteiger partial charge < -0.3 is 5.11 Å². The fourth-order valence-corrected chi connectivity index (χ4v) is 2.60. The summed E-state index contributed by atoms with van der Waals surface area (Å²) in [6, 6.07) is 16.3. The molecule has 0 aliphatic heterocycles. The second kappa shape index (κ2) is 5.58. The molecule has 1 unspecified atom stereocenters. The number of rotatable bonds is 4. The van der Waals surface area contributed by atoms with Gasteiger partial charge in [-0.15, -0.1) is 0 Å². The topological polar surface area (TPSA) is 20.2 Å². The van der Waals surface area contributed by atoms with Gasteiger partial charge in [-0.05, 0) is 42.5 Å². The first kappa shape index (κ1) is 13.8. The summed E-state index contributed by atoms with van der Waals surface area (Å²) in [4.78, 5) is 0. The lowest BCUT2D eigenvalue weighted by atomic mass is 9.82. The summed E-state index contributed by atoms with van der Waals surface area (Å²) in [5.41, 5.74) is 3.99. The number of aryl methyl sites for hydroxylation is 2. The third-order valence-corrected chi connectivity index (χ3v) is 4.01. The van der Waals surface area contributed by atoms with Gasteiger partial charge in [-0.2, -0.15) is 0 Å². The molecule has 0 radical (unpaired) electrons. The standard InChI is InChI=1S/C18H22O/c1-4-18(19,16-11-6-5-7-12-16)13-17-14(2)9-8-10-15(17)3/h5-12,19H,4,13H2,1-3H3. The van der Waals surface area contributed by atoms with E-state index in [1.165, 1.54) is 16.7 Å². The summed E-state index contributed by atoms with van der Waals surface area (Å²) >= 11 is 0. The van der Waals surface area contributed by atoms with Crippen LogP contribution in [0.25, 0.3) is 0 Å². The fourth-order valence-electron chi connectivity index (χ4n) is 2.60. The van der Waals surface area contributed by atoms with Crippen LogP contribution in [0, 0.1) is 13.8 Å². The molecule has 2 rings (SSSR count). The van der Waals surface area contributed by atoms with Crippen LogP contribution in [0.1, 0.15) is 35.6 Å². The smallest absolute Gasteiger partial charge is 0.0934 e. The molecular formula is C18H22O. The zero-order chi connectivity index (χ0) is 13.9. The quantitative estimate of drug-likeness (QED) is 0.869. The van der Waals surface area contributed by atoms with Crippen molar-refractivity contribution in [3.8, 4) is 0 Å². The maximum Gasteiger partial charge on any atom is 0.0934 e. The Labute approximate surface area is 115 Å². The molecule has 0 heterocycles. The normalized spacial score (nSPS) is 14.1. The van der Waals surface area contributed by atoms with Crippen molar-refractivity contribution in [1.29, 1.82) is 0 Å². The van der Waals surface area contributed by atoms with Crippen molar-refractivity contribution in [3.05, 3.63) is 70.8 Å². The molecule has 19 heavy (non-hydrogen) atoms. The molecule has 0 aliphatic carbocycles. The Kier molecular flexibility index (Phi) is 4.06. The Morgan fingerprint density at radius 1 is 0.895 bits per heavy atom. The van der Waals surface area contributed by atoms with Crippen molar-refractivity contribution in [2.45, 2.75) is 39.2 Å². The van der Waals surface area contributed by atoms with Crippen molar-refractivity contribution in [1.82, 2.24) is 0 Å². The lowest BCUT2D eigenvalue weighted by Gasteiger charge is -2.29. The van der Waals surface area contributed by atoms with E-state index in [1.54, 1.807) is 0 Å². The molecule has 2 aromatic rings. The second-order valence-electron chi connectivity index (χ2n) is 5.30. The van der Waals surface area contributed by atoms with Gasteiger partial charge in [-0.3, -0.25) is 0 Å². The zero-order valence-corrected chi connectivity index (χ0v) is 12.0. The molecule has 2 aromatic carbocycles. The lowest BCUT2D eigenvalue weighted by molar-refractivity contribution is 0.0324. The Morgan fingerprint density at radius 2 is 1.47 bits per heavy atom. The predicted octanol–water partition coefficient (Wildman–Crippen LogP) is 4.14. The summed E-state index contributed by atoms with van der Waals surface area (Å²) in [7, 11) is 0. The lowest BCUT2D eigenvalue weighted by Crippen LogP contribution is -2.28. The molecule has 0 spiro atoms. The molecule has 1 atom stereocenters. The molecule has 0 saturated carbocycles. The first-order valence-corrected chi connectivity index (χ1v) is 6.90. The predicted molar refractivity (Wildman–Crippen MR) is 80.2 cm³/mol. The monoisotopic (exact) mass is 254 g/mol. The van der Waals surface area contributed by atoms with E-state index in [2.05, 4.69) is 32.0 Å². The van der Waals surface area contributed by atoms with Gasteiger partial charge in [0.1, 0.15) is 0 Å². The van der Waals surface area contributed by atoms with Crippen LogP contribution in [0.4, 0.5) is 0 Å². The average molecular weight is 254 g/mol. The molecule has 0 amide bonds. The summed E-state index contributed by atoms with van der Waals surface area (Å²) in [5, 5.41) is 11.0. The third kappa shape index (κ3) is 2.87. The van der Waals surface area contributed by atoms with Gasteiger partial charge in [-0.25, -0.2) is 0 Å². The van der Waals surface area contributed by atoms with E-state index in [4.69, 9.17) is 0 Å². The molecular weight excluding hydrogens is 232 g/mol. The van der Waals surface area contributed by atoms with E-state index in [9.17, 15) is 5.11 Å². The van der Waals surface area contributed by atoms with Crippen LogP contribution in [0.5, 0.6) is 0 Å². The highest BCUT2D eigenvalue weighted by atomic mass is 16.3. The van der Waals surface area contributed by atoms with Gasteiger partial charge in [0.05, 0.1) is 5.60 Å². The van der Waals surface area contributed by atoms with Gasteiger partial charge in [-0.1, -0.05) is 55.5 Å². The van der Waals surface area contributed by atoms with E-state index in [1.807, 2.05) is 37.3 Å². The van der Waals surface area contributed by atoms with Crippen molar-refractivity contribution in [2.24, 2.45) is 0 Å². The SMILES string of the molecule is CCC(O)(Cc1c(C)cccc1C)c1ccccc1. The van der Waals surface area contributed by atoms with Crippen LogP contribution in [0.2, 0.25) is 0 Å². The summed E-state index contributed by atoms with van der Waals surface area (Å²) < 4.78 is 0. The minimum Gasteiger partial charge on any atom is -0.385 e. The average Bonchev–Trinajstić information content (AvgIpc) is 2.44. The summed E-state index contributed by atoms with van der Waals surface area (Å²) in [6.45, 7) is 6.27. The van der Waals surface area contributed by atoms with E-state index < -0.39 is 5.60 Å². The van der Waals surface area contributed by atoms with Crippen molar-refractivity contribution in [3.63, 3.8) is 0 Å². The van der Waals surface area contributed by atoms with Crippen LogP contribution in [-0.2, 0) is 12.0 Å². The second-order valence-corrected chi connectivity index (χ2v) is 5.30. The highest BCUT2D eigenvalue weighted by Crippen LogP contribution is 2.31. The molecule has 100 valence electrons. The van der Waals surface area contributed by atoms with E-state index in [0.29, 0.717) is 12.8 Å². The summed E-state index contributed by atoms with van der Waals surface area (Å²) in [6.07, 6.45) is 1.39. The number of hydrogen-bond acceptors (Lipinski definition) is 1. The van der Waals surface area contributed by atoms with Crippen molar-refractivity contribution >= 4 is 0 Å². The highest BCUT2D eigenvalue weighted by molar-refractivity contribution is 5.36. The largest absolute Gasteiger partial charge is 0.385 e. The first-order valence-electron chi connectivity index (χ1n) is 6.90. The van der Waals surface area contributed by atoms with Gasteiger partial charge >= 0.3 is 0 Å². The van der Waals surface area contributed by atoms with Gasteiger partial charge in [0.2, 0.25) is 0 Å². The van der Waals surface area contributed by atoms with Gasteiger partial charge in [0.15, 0.2) is 0 Å². The molecule has 1 nitrogen and oxygen atoms in total. The maximum atomic E-state index is 11.0. The van der Waals surface area contributed by atoms with E-state index >= 15 is 0 Å². The van der Waals surface area contributed by atoms with Crippen molar-refractivity contribution < 1.29 is 5.11 Å². The van der Waals surface area contributed by atoms with Gasteiger partial charge in [0.25, 0.3) is 0 Å². The molecule has 0 aliphatic rings.